The number of aromatic amines is 1. The second-order valence-electron chi connectivity index (χ2n) is 4.72. The quantitative estimate of drug-likeness (QED) is 0.581. The normalized spacial score (nSPS) is 12.3. The molecule has 3 nitrogen and oxygen atoms in total. The Morgan fingerprint density at radius 2 is 2.10 bits per heavy atom. The fraction of sp³-hybridized carbons (Fsp3) is 0.133. The molecule has 0 amide bonds. The molecule has 0 saturated carbocycles. The highest BCUT2D eigenvalue weighted by molar-refractivity contribution is 9.11. The maximum absolute atomic E-state index is 5.20. The van der Waals surface area contributed by atoms with Crippen molar-refractivity contribution in [1.29, 1.82) is 0 Å². The molecule has 1 aromatic carbocycles. The second-order valence-corrected chi connectivity index (χ2v) is 7.23. The van der Waals surface area contributed by atoms with Gasteiger partial charge in [-0.3, -0.25) is 5.10 Å². The minimum absolute atomic E-state index is 0.865. The fourth-order valence-electron chi connectivity index (χ4n) is 2.65. The monoisotopic (exact) mass is 346 g/mol. The number of aromatic nitrogens is 2. The molecule has 0 saturated heterocycles. The number of thiophene rings is 1. The van der Waals surface area contributed by atoms with Crippen LogP contribution in [0.5, 0.6) is 5.75 Å². The molecule has 0 aliphatic heterocycles. The predicted octanol–water partition coefficient (Wildman–Crippen LogP) is 4.48. The van der Waals surface area contributed by atoms with Gasteiger partial charge in [-0.1, -0.05) is 0 Å². The lowest BCUT2D eigenvalue weighted by Crippen LogP contribution is -1.86. The summed E-state index contributed by atoms with van der Waals surface area (Å²) in [4.78, 5) is 1.40. The molecular formula is C15H11BrN2OS. The Balaban J connectivity index is 1.79. The van der Waals surface area contributed by atoms with Crippen molar-refractivity contribution < 1.29 is 4.74 Å². The van der Waals surface area contributed by atoms with Crippen LogP contribution in [0.15, 0.2) is 34.1 Å². The van der Waals surface area contributed by atoms with Crippen molar-refractivity contribution in [1.82, 2.24) is 10.2 Å². The molecule has 0 radical (unpaired) electrons. The minimum atomic E-state index is 0.865. The maximum Gasteiger partial charge on any atom is 0.118 e. The lowest BCUT2D eigenvalue weighted by atomic mass is 10.1. The third-order valence-electron chi connectivity index (χ3n) is 3.62. The van der Waals surface area contributed by atoms with Gasteiger partial charge in [-0.25, -0.2) is 0 Å². The Hall–Kier alpha value is -1.59. The number of methoxy groups -OCH3 is 1. The highest BCUT2D eigenvalue weighted by atomic mass is 79.9. The molecule has 0 fully saturated rings. The van der Waals surface area contributed by atoms with E-state index in [1.54, 1.807) is 18.4 Å². The van der Waals surface area contributed by atoms with Gasteiger partial charge in [-0.15, -0.1) is 11.3 Å². The molecular weight excluding hydrogens is 336 g/mol. The number of hydrogen-bond donors (Lipinski definition) is 1. The number of nitrogens with zero attached hydrogens (tertiary/aromatic N) is 1. The third kappa shape index (κ3) is 1.73. The standard InChI is InChI=1S/C15H11BrN2OS/c1-19-9-4-2-8(3-5-9)14-11-6-12-10(7-13(16)20-12)15(11)18-17-14/h2-5,7H,6H2,1H3,(H,17,18). The number of H-pyrrole nitrogens is 1. The van der Waals surface area contributed by atoms with Crippen molar-refractivity contribution in [2.45, 2.75) is 6.42 Å². The minimum Gasteiger partial charge on any atom is -0.497 e. The van der Waals surface area contributed by atoms with Crippen LogP contribution in [-0.4, -0.2) is 17.3 Å². The molecule has 0 spiro atoms. The van der Waals surface area contributed by atoms with Crippen molar-refractivity contribution in [2.75, 3.05) is 7.11 Å². The maximum atomic E-state index is 5.20. The summed E-state index contributed by atoms with van der Waals surface area (Å²) in [7, 11) is 1.68. The zero-order valence-electron chi connectivity index (χ0n) is 10.7. The Morgan fingerprint density at radius 1 is 1.30 bits per heavy atom. The molecule has 2 heterocycles. The van der Waals surface area contributed by atoms with Gasteiger partial charge in [0.2, 0.25) is 0 Å². The molecule has 20 heavy (non-hydrogen) atoms. The van der Waals surface area contributed by atoms with Crippen molar-refractivity contribution in [3.05, 3.63) is 44.6 Å². The van der Waals surface area contributed by atoms with Crippen molar-refractivity contribution >= 4 is 27.3 Å². The van der Waals surface area contributed by atoms with E-state index < -0.39 is 0 Å². The highest BCUT2D eigenvalue weighted by Gasteiger charge is 2.27. The second kappa shape index (κ2) is 4.46. The number of ether oxygens (including phenoxy) is 1. The average molecular weight is 347 g/mol. The van der Waals surface area contributed by atoms with Gasteiger partial charge >= 0.3 is 0 Å². The van der Waals surface area contributed by atoms with Crippen LogP contribution in [0.1, 0.15) is 10.4 Å². The number of rotatable bonds is 2. The predicted molar refractivity (Wildman–Crippen MR) is 84.4 cm³/mol. The highest BCUT2D eigenvalue weighted by Crippen LogP contribution is 2.45. The summed E-state index contributed by atoms with van der Waals surface area (Å²) in [6.07, 6.45) is 0.957. The SMILES string of the molecule is COc1ccc(-c2n[nH]c3c2Cc2sc(Br)cc2-3)cc1. The van der Waals surface area contributed by atoms with Crippen molar-refractivity contribution in [2.24, 2.45) is 0 Å². The van der Waals surface area contributed by atoms with Crippen LogP contribution in [0.3, 0.4) is 0 Å². The van der Waals surface area contributed by atoms with Gasteiger partial charge in [-0.05, 0) is 46.3 Å². The topological polar surface area (TPSA) is 37.9 Å². The first-order chi connectivity index (χ1) is 9.76. The van der Waals surface area contributed by atoms with E-state index in [0.29, 0.717) is 0 Å². The Bertz CT molecular complexity index is 789. The summed E-state index contributed by atoms with van der Waals surface area (Å²) in [5.41, 5.74) is 5.90. The molecule has 0 atom stereocenters. The van der Waals surface area contributed by atoms with Crippen LogP contribution in [0, 0.1) is 0 Å². The number of fused-ring (bicyclic) bond motifs is 3. The largest absolute Gasteiger partial charge is 0.497 e. The lowest BCUT2D eigenvalue weighted by molar-refractivity contribution is 0.415. The van der Waals surface area contributed by atoms with Crippen LogP contribution >= 0.6 is 27.3 Å². The van der Waals surface area contributed by atoms with Gasteiger partial charge in [0.1, 0.15) is 5.75 Å². The molecule has 2 aromatic heterocycles. The van der Waals surface area contributed by atoms with E-state index in [1.807, 2.05) is 12.1 Å². The van der Waals surface area contributed by atoms with Gasteiger partial charge in [0.15, 0.2) is 0 Å². The average Bonchev–Trinajstić information content (AvgIpc) is 3.09. The summed E-state index contributed by atoms with van der Waals surface area (Å²) in [6.45, 7) is 0. The van der Waals surface area contributed by atoms with Gasteiger partial charge in [-0.2, -0.15) is 5.10 Å². The van der Waals surface area contributed by atoms with E-state index in [2.05, 4.69) is 44.3 Å². The molecule has 0 unspecified atom stereocenters. The summed E-state index contributed by atoms with van der Waals surface area (Å²) in [6, 6.07) is 10.2. The summed E-state index contributed by atoms with van der Waals surface area (Å²) < 4.78 is 6.37. The lowest BCUT2D eigenvalue weighted by Gasteiger charge is -2.02. The van der Waals surface area contributed by atoms with Crippen LogP contribution in [0.4, 0.5) is 0 Å². The molecule has 1 N–H and O–H groups in total. The Labute approximate surface area is 128 Å². The number of nitrogens with one attached hydrogen (secondary N) is 1. The number of benzene rings is 1. The van der Waals surface area contributed by atoms with Gasteiger partial charge in [0.05, 0.1) is 22.3 Å². The molecule has 5 heteroatoms. The van der Waals surface area contributed by atoms with E-state index in [0.717, 1.165) is 29.1 Å². The Morgan fingerprint density at radius 3 is 2.85 bits per heavy atom. The number of hydrogen-bond acceptors (Lipinski definition) is 3. The molecule has 4 rings (SSSR count). The first kappa shape index (κ1) is 12.2. The van der Waals surface area contributed by atoms with Gasteiger partial charge in [0.25, 0.3) is 0 Å². The van der Waals surface area contributed by atoms with Crippen LogP contribution < -0.4 is 4.74 Å². The van der Waals surface area contributed by atoms with E-state index in [1.165, 1.54) is 19.8 Å². The van der Waals surface area contributed by atoms with E-state index in [4.69, 9.17) is 4.74 Å². The zero-order chi connectivity index (χ0) is 13.7. The van der Waals surface area contributed by atoms with Crippen molar-refractivity contribution in [3.8, 4) is 28.3 Å². The van der Waals surface area contributed by atoms with Gasteiger partial charge in [0, 0.05) is 28.0 Å². The van der Waals surface area contributed by atoms with Gasteiger partial charge < -0.3 is 4.74 Å². The molecule has 3 aromatic rings. The first-order valence-corrected chi connectivity index (χ1v) is 7.87. The third-order valence-corrected chi connectivity index (χ3v) is 5.25. The fourth-order valence-corrected chi connectivity index (χ4v) is 4.36. The molecule has 1 aliphatic rings. The summed E-state index contributed by atoms with van der Waals surface area (Å²) in [5.74, 6) is 0.865. The van der Waals surface area contributed by atoms with Crippen molar-refractivity contribution in [3.63, 3.8) is 0 Å². The molecule has 100 valence electrons. The molecule has 1 aliphatic carbocycles. The van der Waals surface area contributed by atoms with Crippen LogP contribution in [0.2, 0.25) is 0 Å². The van der Waals surface area contributed by atoms with Crippen LogP contribution in [-0.2, 0) is 6.42 Å². The van der Waals surface area contributed by atoms with E-state index in [-0.39, 0.29) is 0 Å². The summed E-state index contributed by atoms with van der Waals surface area (Å²) >= 11 is 5.34. The zero-order valence-corrected chi connectivity index (χ0v) is 13.1. The molecule has 0 bridgehead atoms. The van der Waals surface area contributed by atoms with E-state index in [9.17, 15) is 0 Å². The summed E-state index contributed by atoms with van der Waals surface area (Å²) in [5, 5.41) is 7.68. The Kier molecular flexibility index (Phi) is 2.72. The first-order valence-electron chi connectivity index (χ1n) is 6.26. The number of halogens is 1. The smallest absolute Gasteiger partial charge is 0.118 e. The van der Waals surface area contributed by atoms with E-state index >= 15 is 0 Å². The van der Waals surface area contributed by atoms with Crippen LogP contribution in [0.25, 0.3) is 22.5 Å².